The van der Waals surface area contributed by atoms with Crippen LogP contribution in [0.4, 0.5) is 14.9 Å². The number of benzene rings is 2. The molecule has 0 unspecified atom stereocenters. The molecule has 0 aromatic heterocycles. The van der Waals surface area contributed by atoms with Gasteiger partial charge in [0.25, 0.3) is 11.8 Å². The average molecular weight is 396 g/mol. The van der Waals surface area contributed by atoms with Crippen molar-refractivity contribution >= 4 is 29.6 Å². The molecule has 4 amide bonds. The number of carbonyl (C=O) groups excluding carboxylic acids is 3. The summed E-state index contributed by atoms with van der Waals surface area (Å²) in [6, 6.07) is 8.71. The van der Waals surface area contributed by atoms with Gasteiger partial charge in [0.05, 0.1) is 12.8 Å². The Bertz CT molecular complexity index is 1010. The molecule has 1 heterocycles. The van der Waals surface area contributed by atoms with Crippen LogP contribution in [-0.4, -0.2) is 31.6 Å². The van der Waals surface area contributed by atoms with Gasteiger partial charge in [0.1, 0.15) is 18.0 Å². The van der Waals surface area contributed by atoms with E-state index in [-0.39, 0.29) is 17.9 Å². The number of imide groups is 2. The average Bonchev–Trinajstić information content (AvgIpc) is 2.71. The lowest BCUT2D eigenvalue weighted by molar-refractivity contribution is -0.122. The largest absolute Gasteiger partial charge is 0.493 e. The molecule has 1 aliphatic heterocycles. The normalized spacial score (nSPS) is 15.3. The minimum Gasteiger partial charge on any atom is -0.493 e. The van der Waals surface area contributed by atoms with Gasteiger partial charge in [-0.1, -0.05) is 18.7 Å². The zero-order chi connectivity index (χ0) is 21.0. The Balaban J connectivity index is 1.96. The summed E-state index contributed by atoms with van der Waals surface area (Å²) >= 11 is 0. The number of hydrogen-bond acceptors (Lipinski definition) is 5. The molecule has 29 heavy (non-hydrogen) atoms. The summed E-state index contributed by atoms with van der Waals surface area (Å²) in [6.07, 6.45) is 2.92. The summed E-state index contributed by atoms with van der Waals surface area (Å²) in [7, 11) is 1.46. The van der Waals surface area contributed by atoms with Gasteiger partial charge in [-0.3, -0.25) is 14.9 Å². The molecule has 0 atom stereocenters. The van der Waals surface area contributed by atoms with Gasteiger partial charge in [0.2, 0.25) is 0 Å². The first-order chi connectivity index (χ1) is 13.9. The molecule has 148 valence electrons. The first kappa shape index (κ1) is 19.8. The number of hydrogen-bond donors (Lipinski definition) is 1. The number of amides is 4. The maximum Gasteiger partial charge on any atom is 0.335 e. The molecular weight excluding hydrogens is 379 g/mol. The van der Waals surface area contributed by atoms with E-state index in [2.05, 4.69) is 11.9 Å². The minimum absolute atomic E-state index is 0.137. The number of rotatable bonds is 6. The highest BCUT2D eigenvalue weighted by atomic mass is 19.1. The predicted octanol–water partition coefficient (Wildman–Crippen LogP) is 3.07. The Morgan fingerprint density at radius 1 is 1.10 bits per heavy atom. The highest BCUT2D eigenvalue weighted by molar-refractivity contribution is 6.39. The second-order valence-electron chi connectivity index (χ2n) is 5.94. The monoisotopic (exact) mass is 396 g/mol. The first-order valence-electron chi connectivity index (χ1n) is 8.53. The Hall–Kier alpha value is -3.94. The zero-order valence-corrected chi connectivity index (χ0v) is 15.5. The number of ether oxygens (including phenoxy) is 2. The first-order valence-corrected chi connectivity index (χ1v) is 8.53. The van der Waals surface area contributed by atoms with Crippen LogP contribution in [-0.2, 0) is 9.59 Å². The van der Waals surface area contributed by atoms with Gasteiger partial charge < -0.3 is 9.47 Å². The van der Waals surface area contributed by atoms with Gasteiger partial charge in [-0.25, -0.2) is 14.1 Å². The van der Waals surface area contributed by atoms with Crippen LogP contribution in [0.15, 0.2) is 60.7 Å². The molecule has 1 N–H and O–H groups in total. The SMILES string of the molecule is C=CCOc1ccc(/C=C2/C(=O)NC(=O)N(c3ccc(F)cc3)C2=O)cc1OC. The van der Waals surface area contributed by atoms with Crippen molar-refractivity contribution < 1.29 is 28.2 Å². The van der Waals surface area contributed by atoms with Crippen LogP contribution in [0.5, 0.6) is 11.5 Å². The van der Waals surface area contributed by atoms with Crippen molar-refractivity contribution in [3.8, 4) is 11.5 Å². The molecule has 0 bridgehead atoms. The number of barbiturate groups is 1. The van der Waals surface area contributed by atoms with E-state index < -0.39 is 23.7 Å². The lowest BCUT2D eigenvalue weighted by atomic mass is 10.1. The Kier molecular flexibility index (Phi) is 5.73. The fourth-order valence-electron chi connectivity index (χ4n) is 2.69. The smallest absolute Gasteiger partial charge is 0.335 e. The number of carbonyl (C=O) groups is 3. The van der Waals surface area contributed by atoms with Crippen molar-refractivity contribution in [1.29, 1.82) is 0 Å². The summed E-state index contributed by atoms with van der Waals surface area (Å²) in [5.41, 5.74) is 0.369. The Morgan fingerprint density at radius 2 is 1.83 bits per heavy atom. The van der Waals surface area contributed by atoms with Crippen LogP contribution < -0.4 is 19.7 Å². The van der Waals surface area contributed by atoms with Crippen LogP contribution in [0.3, 0.4) is 0 Å². The van der Waals surface area contributed by atoms with Gasteiger partial charge in [-0.05, 0) is 48.0 Å². The minimum atomic E-state index is -0.908. The number of halogens is 1. The van der Waals surface area contributed by atoms with Crippen LogP contribution in [0.25, 0.3) is 6.08 Å². The number of urea groups is 1. The molecule has 0 radical (unpaired) electrons. The van der Waals surface area contributed by atoms with E-state index in [0.29, 0.717) is 17.1 Å². The maximum absolute atomic E-state index is 13.2. The third-order valence-electron chi connectivity index (χ3n) is 4.04. The summed E-state index contributed by atoms with van der Waals surface area (Å²) in [5.74, 6) is -1.30. The topological polar surface area (TPSA) is 84.9 Å². The maximum atomic E-state index is 13.2. The number of nitrogens with zero attached hydrogens (tertiary/aromatic N) is 1. The molecule has 8 heteroatoms. The summed E-state index contributed by atoms with van der Waals surface area (Å²) in [5, 5.41) is 2.11. The van der Waals surface area contributed by atoms with E-state index in [9.17, 15) is 18.8 Å². The Morgan fingerprint density at radius 3 is 2.48 bits per heavy atom. The lowest BCUT2D eigenvalue weighted by Crippen LogP contribution is -2.54. The van der Waals surface area contributed by atoms with Crippen LogP contribution in [0.2, 0.25) is 0 Å². The molecule has 7 nitrogen and oxygen atoms in total. The van der Waals surface area contributed by atoms with E-state index in [1.54, 1.807) is 24.3 Å². The molecule has 0 saturated carbocycles. The summed E-state index contributed by atoms with van der Waals surface area (Å²) in [4.78, 5) is 38.0. The second-order valence-corrected chi connectivity index (χ2v) is 5.94. The van der Waals surface area contributed by atoms with Crippen molar-refractivity contribution in [1.82, 2.24) is 5.32 Å². The molecule has 2 aromatic carbocycles. The van der Waals surface area contributed by atoms with Crippen molar-refractivity contribution in [2.45, 2.75) is 0 Å². The highest BCUT2D eigenvalue weighted by Crippen LogP contribution is 2.30. The molecule has 1 fully saturated rings. The lowest BCUT2D eigenvalue weighted by Gasteiger charge is -2.26. The molecule has 0 aliphatic carbocycles. The van der Waals surface area contributed by atoms with E-state index in [1.165, 1.54) is 25.3 Å². The van der Waals surface area contributed by atoms with Gasteiger partial charge in [-0.2, -0.15) is 0 Å². The molecule has 2 aromatic rings. The highest BCUT2D eigenvalue weighted by Gasteiger charge is 2.36. The fourth-order valence-corrected chi connectivity index (χ4v) is 2.69. The zero-order valence-electron chi connectivity index (χ0n) is 15.5. The van der Waals surface area contributed by atoms with Crippen molar-refractivity contribution in [2.24, 2.45) is 0 Å². The fraction of sp³-hybridized carbons (Fsp3) is 0.0952. The summed E-state index contributed by atoms with van der Waals surface area (Å²) < 4.78 is 23.9. The molecular formula is C21H17FN2O5. The van der Waals surface area contributed by atoms with Crippen molar-refractivity contribution in [3.05, 3.63) is 72.1 Å². The third-order valence-corrected chi connectivity index (χ3v) is 4.04. The van der Waals surface area contributed by atoms with Crippen molar-refractivity contribution in [3.63, 3.8) is 0 Å². The predicted molar refractivity (Wildman–Crippen MR) is 104 cm³/mol. The van der Waals surface area contributed by atoms with Gasteiger partial charge >= 0.3 is 6.03 Å². The van der Waals surface area contributed by atoms with E-state index >= 15 is 0 Å². The van der Waals surface area contributed by atoms with E-state index in [4.69, 9.17) is 9.47 Å². The Labute approximate surface area is 166 Å². The summed E-state index contributed by atoms with van der Waals surface area (Å²) in [6.45, 7) is 3.86. The third kappa shape index (κ3) is 4.16. The van der Waals surface area contributed by atoms with E-state index in [0.717, 1.165) is 17.0 Å². The molecule has 1 saturated heterocycles. The van der Waals surface area contributed by atoms with Crippen LogP contribution in [0.1, 0.15) is 5.56 Å². The molecule has 0 spiro atoms. The quantitative estimate of drug-likeness (QED) is 0.461. The van der Waals surface area contributed by atoms with E-state index in [1.807, 2.05) is 0 Å². The number of nitrogens with one attached hydrogen (secondary N) is 1. The number of anilines is 1. The second kappa shape index (κ2) is 8.39. The van der Waals surface area contributed by atoms with Gasteiger partial charge in [0, 0.05) is 0 Å². The van der Waals surface area contributed by atoms with Gasteiger partial charge in [0.15, 0.2) is 11.5 Å². The standard InChI is InChI=1S/C21H17FN2O5/c1-3-10-29-17-9-4-13(12-18(17)28-2)11-16-19(25)23-21(27)24(20(16)26)15-7-5-14(22)6-8-15/h3-9,11-12H,1,10H2,2H3,(H,23,25,27)/b16-11-. The van der Waals surface area contributed by atoms with Crippen LogP contribution in [0, 0.1) is 5.82 Å². The van der Waals surface area contributed by atoms with Crippen LogP contribution >= 0.6 is 0 Å². The van der Waals surface area contributed by atoms with Gasteiger partial charge in [-0.15, -0.1) is 0 Å². The van der Waals surface area contributed by atoms with Crippen molar-refractivity contribution in [2.75, 3.05) is 18.6 Å². The number of methoxy groups -OCH3 is 1. The molecule has 1 aliphatic rings. The molecule has 3 rings (SSSR count).